The zero-order valence-electron chi connectivity index (χ0n) is 11.5. The van der Waals surface area contributed by atoms with E-state index in [2.05, 4.69) is 58.8 Å². The second-order valence-corrected chi connectivity index (χ2v) is 5.57. The molecule has 3 aromatic rings. The van der Waals surface area contributed by atoms with E-state index in [0.717, 1.165) is 29.4 Å². The Labute approximate surface area is 118 Å². The van der Waals surface area contributed by atoms with Gasteiger partial charge in [0.2, 0.25) is 0 Å². The molecule has 1 aromatic heterocycles. The lowest BCUT2D eigenvalue weighted by atomic mass is 10.0. The molecule has 4 rings (SSSR count). The quantitative estimate of drug-likeness (QED) is 0.734. The molecule has 1 atom stereocenters. The number of nitrogens with one attached hydrogen (secondary N) is 2. The Morgan fingerprint density at radius 2 is 2.20 bits per heavy atom. The van der Waals surface area contributed by atoms with E-state index in [4.69, 9.17) is 0 Å². The first kappa shape index (κ1) is 11.5. The number of aromatic amines is 1. The molecule has 0 aliphatic heterocycles. The first-order chi connectivity index (χ1) is 9.81. The van der Waals surface area contributed by atoms with Gasteiger partial charge in [0, 0.05) is 11.1 Å². The highest BCUT2D eigenvalue weighted by molar-refractivity contribution is 5.91. The fourth-order valence-electron chi connectivity index (χ4n) is 3.15. The molecule has 0 saturated heterocycles. The molecule has 1 aliphatic rings. The van der Waals surface area contributed by atoms with E-state index in [1.165, 1.54) is 16.7 Å². The number of hydrogen-bond acceptors (Lipinski definition) is 2. The van der Waals surface area contributed by atoms with Gasteiger partial charge in [-0.3, -0.25) is 5.10 Å². The molecular formula is C17H17N3. The monoisotopic (exact) mass is 263 g/mol. The Hall–Kier alpha value is -2.29. The van der Waals surface area contributed by atoms with E-state index in [-0.39, 0.29) is 0 Å². The van der Waals surface area contributed by atoms with E-state index in [1.54, 1.807) is 0 Å². The molecule has 100 valence electrons. The van der Waals surface area contributed by atoms with Gasteiger partial charge in [-0.25, -0.2) is 0 Å². The molecule has 3 nitrogen and oxygen atoms in total. The number of benzene rings is 2. The van der Waals surface area contributed by atoms with Gasteiger partial charge in [0.15, 0.2) is 0 Å². The summed E-state index contributed by atoms with van der Waals surface area (Å²) in [6.07, 6.45) is 4.21. The molecular weight excluding hydrogens is 246 g/mol. The maximum Gasteiger partial charge on any atom is 0.0671 e. The standard InChI is InChI=1S/C17H17N3/c1-11-5-6-12-7-8-16(13(12)9-11)19-15-3-2-4-17-14(15)10-18-20-17/h2-6,9-10,16,19H,7-8H2,1H3,(H,18,20). The number of nitrogens with zero attached hydrogens (tertiary/aromatic N) is 1. The highest BCUT2D eigenvalue weighted by Crippen LogP contribution is 2.35. The fraction of sp³-hybridized carbons (Fsp3) is 0.235. The van der Waals surface area contributed by atoms with Crippen LogP contribution in [0.3, 0.4) is 0 Å². The molecule has 0 amide bonds. The van der Waals surface area contributed by atoms with Crippen LogP contribution in [-0.4, -0.2) is 10.2 Å². The summed E-state index contributed by atoms with van der Waals surface area (Å²) in [7, 11) is 0. The van der Waals surface area contributed by atoms with Crippen molar-refractivity contribution in [2.24, 2.45) is 0 Å². The van der Waals surface area contributed by atoms with Crippen LogP contribution in [-0.2, 0) is 6.42 Å². The van der Waals surface area contributed by atoms with Crippen molar-refractivity contribution in [1.82, 2.24) is 10.2 Å². The van der Waals surface area contributed by atoms with Crippen molar-refractivity contribution in [1.29, 1.82) is 0 Å². The highest BCUT2D eigenvalue weighted by Gasteiger charge is 2.22. The van der Waals surface area contributed by atoms with Crippen molar-refractivity contribution >= 4 is 16.6 Å². The predicted molar refractivity (Wildman–Crippen MR) is 82.0 cm³/mol. The van der Waals surface area contributed by atoms with E-state index >= 15 is 0 Å². The molecule has 0 spiro atoms. The van der Waals surface area contributed by atoms with Crippen molar-refractivity contribution in [2.45, 2.75) is 25.8 Å². The average Bonchev–Trinajstić information content (AvgIpc) is 3.06. The first-order valence-corrected chi connectivity index (χ1v) is 7.09. The van der Waals surface area contributed by atoms with Crippen LogP contribution >= 0.6 is 0 Å². The summed E-state index contributed by atoms with van der Waals surface area (Å²) in [6, 6.07) is 13.4. The van der Waals surface area contributed by atoms with Crippen molar-refractivity contribution in [2.75, 3.05) is 5.32 Å². The molecule has 2 N–H and O–H groups in total. The predicted octanol–water partition coefficient (Wildman–Crippen LogP) is 3.97. The van der Waals surface area contributed by atoms with Crippen LogP contribution in [0, 0.1) is 6.92 Å². The van der Waals surface area contributed by atoms with E-state index in [9.17, 15) is 0 Å². The van der Waals surface area contributed by atoms with E-state index < -0.39 is 0 Å². The Kier molecular flexibility index (Phi) is 2.52. The van der Waals surface area contributed by atoms with Gasteiger partial charge in [0.05, 0.1) is 17.8 Å². The smallest absolute Gasteiger partial charge is 0.0671 e. The third-order valence-corrected chi connectivity index (χ3v) is 4.19. The molecule has 1 aliphatic carbocycles. The minimum Gasteiger partial charge on any atom is -0.378 e. The Bertz CT molecular complexity index is 773. The maximum absolute atomic E-state index is 4.13. The summed E-state index contributed by atoms with van der Waals surface area (Å²) in [4.78, 5) is 0. The third-order valence-electron chi connectivity index (χ3n) is 4.19. The van der Waals surface area contributed by atoms with Gasteiger partial charge >= 0.3 is 0 Å². The SMILES string of the molecule is Cc1ccc2c(c1)C(Nc1cccc3[nH]ncc13)CC2. The zero-order valence-corrected chi connectivity index (χ0v) is 11.5. The van der Waals surface area contributed by atoms with Gasteiger partial charge in [0.25, 0.3) is 0 Å². The van der Waals surface area contributed by atoms with E-state index in [0.29, 0.717) is 6.04 Å². The first-order valence-electron chi connectivity index (χ1n) is 7.09. The average molecular weight is 263 g/mol. The van der Waals surface area contributed by atoms with Crippen LogP contribution in [0.1, 0.15) is 29.2 Å². The lowest BCUT2D eigenvalue weighted by molar-refractivity contribution is 0.763. The molecule has 20 heavy (non-hydrogen) atoms. The van der Waals surface area contributed by atoms with Crippen LogP contribution in [0.25, 0.3) is 10.9 Å². The van der Waals surface area contributed by atoms with Gasteiger partial charge < -0.3 is 5.32 Å². The molecule has 1 unspecified atom stereocenters. The summed E-state index contributed by atoms with van der Waals surface area (Å²) in [5, 5.41) is 12.0. The van der Waals surface area contributed by atoms with Crippen molar-refractivity contribution in [3.63, 3.8) is 0 Å². The third kappa shape index (κ3) is 1.78. The normalized spacial score (nSPS) is 17.4. The zero-order chi connectivity index (χ0) is 13.5. The topological polar surface area (TPSA) is 40.7 Å². The second kappa shape index (κ2) is 4.37. The lowest BCUT2D eigenvalue weighted by Crippen LogP contribution is -2.07. The minimum absolute atomic E-state index is 0.408. The number of fused-ring (bicyclic) bond motifs is 2. The number of hydrogen-bond donors (Lipinski definition) is 2. The van der Waals surface area contributed by atoms with Gasteiger partial charge in [0.1, 0.15) is 0 Å². The van der Waals surface area contributed by atoms with Crippen LogP contribution in [0.5, 0.6) is 0 Å². The van der Waals surface area contributed by atoms with Crippen LogP contribution in [0.15, 0.2) is 42.6 Å². The summed E-state index contributed by atoms with van der Waals surface area (Å²) < 4.78 is 0. The Morgan fingerprint density at radius 3 is 3.15 bits per heavy atom. The number of anilines is 1. The van der Waals surface area contributed by atoms with Gasteiger partial charge in [-0.1, -0.05) is 29.8 Å². The Morgan fingerprint density at radius 1 is 1.25 bits per heavy atom. The number of aryl methyl sites for hydroxylation is 2. The Balaban J connectivity index is 1.71. The minimum atomic E-state index is 0.408. The van der Waals surface area contributed by atoms with Crippen LogP contribution in [0.4, 0.5) is 5.69 Å². The van der Waals surface area contributed by atoms with E-state index in [1.807, 2.05) is 6.20 Å². The molecule has 1 heterocycles. The summed E-state index contributed by atoms with van der Waals surface area (Å²) >= 11 is 0. The molecule has 0 fully saturated rings. The fourth-order valence-corrected chi connectivity index (χ4v) is 3.15. The number of H-pyrrole nitrogens is 1. The number of rotatable bonds is 2. The molecule has 0 bridgehead atoms. The molecule has 3 heteroatoms. The van der Waals surface area contributed by atoms with Crippen molar-refractivity contribution in [3.8, 4) is 0 Å². The second-order valence-electron chi connectivity index (χ2n) is 5.57. The van der Waals surface area contributed by atoms with Crippen molar-refractivity contribution < 1.29 is 0 Å². The summed E-state index contributed by atoms with van der Waals surface area (Å²) in [6.45, 7) is 2.16. The lowest BCUT2D eigenvalue weighted by Gasteiger charge is -2.16. The van der Waals surface area contributed by atoms with Gasteiger partial charge in [-0.05, 0) is 43.0 Å². The number of aromatic nitrogens is 2. The van der Waals surface area contributed by atoms with Crippen LogP contribution in [0.2, 0.25) is 0 Å². The largest absolute Gasteiger partial charge is 0.378 e. The summed E-state index contributed by atoms with van der Waals surface area (Å²) in [5.74, 6) is 0. The molecule has 2 aromatic carbocycles. The van der Waals surface area contributed by atoms with Gasteiger partial charge in [-0.15, -0.1) is 0 Å². The maximum atomic E-state index is 4.13. The highest BCUT2D eigenvalue weighted by atomic mass is 15.1. The van der Waals surface area contributed by atoms with Crippen LogP contribution < -0.4 is 5.32 Å². The molecule has 0 radical (unpaired) electrons. The molecule has 0 saturated carbocycles. The van der Waals surface area contributed by atoms with Gasteiger partial charge in [-0.2, -0.15) is 5.10 Å². The summed E-state index contributed by atoms with van der Waals surface area (Å²) in [5.41, 5.74) is 6.50. The van der Waals surface area contributed by atoms with Crippen molar-refractivity contribution in [3.05, 3.63) is 59.3 Å².